The van der Waals surface area contributed by atoms with Crippen molar-refractivity contribution in [3.8, 4) is 11.5 Å². The fourth-order valence-corrected chi connectivity index (χ4v) is 4.48. The number of phosphoric acid groups is 1. The minimum absolute atomic E-state index is 0.121. The molecule has 1 heterocycles. The number of carbonyl (C=O) groups excluding carboxylic acids is 2. The maximum absolute atomic E-state index is 12.1. The Morgan fingerprint density at radius 3 is 2.38 bits per heavy atom. The van der Waals surface area contributed by atoms with E-state index < -0.39 is 19.2 Å². The molecule has 2 unspecified atom stereocenters. The summed E-state index contributed by atoms with van der Waals surface area (Å²) < 4.78 is 43.7. The van der Waals surface area contributed by atoms with E-state index in [0.717, 1.165) is 22.9 Å². The van der Waals surface area contributed by atoms with E-state index in [1.54, 1.807) is 31.4 Å². The first-order valence-corrected chi connectivity index (χ1v) is 12.5. The van der Waals surface area contributed by atoms with Crippen molar-refractivity contribution in [1.29, 1.82) is 0 Å². The monoisotopic (exact) mass is 511 g/mol. The Balaban J connectivity index is 1.63. The number of imide groups is 1. The molecular weight excluding hydrogens is 485 g/mol. The van der Waals surface area contributed by atoms with Crippen molar-refractivity contribution in [3.05, 3.63) is 59.7 Å². The van der Waals surface area contributed by atoms with E-state index in [0.29, 0.717) is 17.9 Å². The Bertz CT molecular complexity index is 1030. The van der Waals surface area contributed by atoms with Gasteiger partial charge in [-0.15, -0.1) is 0 Å². The lowest BCUT2D eigenvalue weighted by atomic mass is 10.1. The molecule has 1 fully saturated rings. The Hall–Kier alpha value is -2.40. The van der Waals surface area contributed by atoms with Crippen LogP contribution in [-0.4, -0.2) is 51.1 Å². The van der Waals surface area contributed by atoms with Gasteiger partial charge in [0.15, 0.2) is 6.79 Å². The maximum Gasteiger partial charge on any atom is 0.476 e. The van der Waals surface area contributed by atoms with Crippen LogP contribution in [0.25, 0.3) is 0 Å². The topological polar surface area (TPSA) is 119 Å². The Labute approximate surface area is 201 Å². The number of carbonyl (C=O) groups is 2. The second-order valence-corrected chi connectivity index (χ2v) is 10.1. The molecule has 1 saturated heterocycles. The van der Waals surface area contributed by atoms with Gasteiger partial charge in [0.05, 0.1) is 12.4 Å². The van der Waals surface area contributed by atoms with Crippen molar-refractivity contribution in [2.24, 2.45) is 0 Å². The number of methoxy groups -OCH3 is 1. The molecule has 0 saturated carbocycles. The van der Waals surface area contributed by atoms with Crippen molar-refractivity contribution >= 4 is 30.7 Å². The molecule has 0 aromatic heterocycles. The van der Waals surface area contributed by atoms with Gasteiger partial charge in [0, 0.05) is 14.2 Å². The van der Waals surface area contributed by atoms with Crippen molar-refractivity contribution in [2.75, 3.05) is 34.7 Å². The van der Waals surface area contributed by atoms with Crippen LogP contribution in [0.3, 0.4) is 0 Å². The zero-order valence-electron chi connectivity index (χ0n) is 18.9. The van der Waals surface area contributed by atoms with Crippen molar-refractivity contribution in [2.45, 2.75) is 17.8 Å². The van der Waals surface area contributed by atoms with Crippen LogP contribution in [0.15, 0.2) is 48.5 Å². The number of hydrogen-bond acceptors (Lipinski definition) is 10. The summed E-state index contributed by atoms with van der Waals surface area (Å²) in [7, 11) is 0.302. The summed E-state index contributed by atoms with van der Waals surface area (Å²) in [4.78, 5) is 23.1. The minimum Gasteiger partial charge on any atom is -0.497 e. The molecule has 1 aliphatic rings. The number of nitrogens with one attached hydrogen (secondary N) is 1. The van der Waals surface area contributed by atoms with Crippen LogP contribution in [0.5, 0.6) is 11.5 Å². The molecule has 12 heteroatoms. The molecule has 184 valence electrons. The number of phosphoric ester groups is 1. The van der Waals surface area contributed by atoms with Gasteiger partial charge in [-0.05, 0) is 41.8 Å². The maximum atomic E-state index is 12.1. The van der Waals surface area contributed by atoms with Gasteiger partial charge in [-0.2, -0.15) is 0 Å². The zero-order valence-corrected chi connectivity index (χ0v) is 20.6. The SMILES string of the molecule is COc1cccc(C(COc2ccc(CC3SC(=O)NC3=O)cc2)OCOP(=O)(OC)OC)c1. The van der Waals surface area contributed by atoms with E-state index in [2.05, 4.69) is 5.32 Å². The zero-order chi connectivity index (χ0) is 24.6. The molecule has 2 aromatic carbocycles. The molecule has 0 bridgehead atoms. The van der Waals surface area contributed by atoms with E-state index in [4.69, 9.17) is 27.8 Å². The van der Waals surface area contributed by atoms with Crippen LogP contribution in [-0.2, 0) is 34.1 Å². The lowest BCUT2D eigenvalue weighted by Crippen LogP contribution is -2.25. The number of amides is 2. The van der Waals surface area contributed by atoms with Crippen molar-refractivity contribution in [1.82, 2.24) is 5.32 Å². The third kappa shape index (κ3) is 7.30. The van der Waals surface area contributed by atoms with Gasteiger partial charge in [0.25, 0.3) is 5.24 Å². The standard InChI is InChI=1S/C22H26NO9PS/c1-27-18-6-4-5-16(12-18)19(31-14-32-33(26,28-2)29-3)13-30-17-9-7-15(8-10-17)11-20-21(24)23-22(25)34-20/h4-10,12,19-20H,11,13-14H2,1-3H3,(H,23,24,25). The van der Waals surface area contributed by atoms with E-state index in [1.807, 2.05) is 24.3 Å². The smallest absolute Gasteiger partial charge is 0.476 e. The van der Waals surface area contributed by atoms with Crippen molar-refractivity contribution in [3.63, 3.8) is 0 Å². The van der Waals surface area contributed by atoms with Gasteiger partial charge >= 0.3 is 7.82 Å². The van der Waals surface area contributed by atoms with E-state index in [9.17, 15) is 14.2 Å². The summed E-state index contributed by atoms with van der Waals surface area (Å²) in [6.45, 7) is -0.238. The Kier molecular flexibility index (Phi) is 9.52. The highest BCUT2D eigenvalue weighted by Gasteiger charge is 2.31. The normalized spacial score (nSPS) is 16.9. The number of ether oxygens (including phenoxy) is 3. The van der Waals surface area contributed by atoms with E-state index in [1.165, 1.54) is 14.2 Å². The van der Waals surface area contributed by atoms with Gasteiger partial charge < -0.3 is 14.2 Å². The predicted molar refractivity (Wildman–Crippen MR) is 125 cm³/mol. The van der Waals surface area contributed by atoms with Crippen LogP contribution < -0.4 is 14.8 Å². The van der Waals surface area contributed by atoms with Crippen LogP contribution >= 0.6 is 19.6 Å². The van der Waals surface area contributed by atoms with Gasteiger partial charge in [0.1, 0.15) is 24.2 Å². The number of hydrogen-bond donors (Lipinski definition) is 1. The average molecular weight is 511 g/mol. The molecule has 34 heavy (non-hydrogen) atoms. The highest BCUT2D eigenvalue weighted by atomic mass is 32.2. The second kappa shape index (κ2) is 12.3. The van der Waals surface area contributed by atoms with Crippen LogP contribution in [0.2, 0.25) is 0 Å². The molecule has 1 N–H and O–H groups in total. The summed E-state index contributed by atoms with van der Waals surface area (Å²) in [6, 6.07) is 14.5. The molecule has 10 nitrogen and oxygen atoms in total. The number of rotatable bonds is 13. The molecule has 1 aliphatic heterocycles. The second-order valence-electron chi connectivity index (χ2n) is 7.03. The molecule has 2 amide bonds. The lowest BCUT2D eigenvalue weighted by molar-refractivity contribution is -0.118. The first-order chi connectivity index (χ1) is 16.4. The van der Waals surface area contributed by atoms with Gasteiger partial charge in [-0.3, -0.25) is 28.5 Å². The summed E-state index contributed by atoms with van der Waals surface area (Å²) in [5.41, 5.74) is 1.66. The highest BCUT2D eigenvalue weighted by molar-refractivity contribution is 8.15. The number of benzene rings is 2. The first-order valence-electron chi connectivity index (χ1n) is 10.2. The molecule has 0 spiro atoms. The van der Waals surface area contributed by atoms with Crippen LogP contribution in [0.4, 0.5) is 4.79 Å². The Morgan fingerprint density at radius 2 is 1.76 bits per heavy atom. The summed E-state index contributed by atoms with van der Waals surface area (Å²) in [6.07, 6.45) is -0.143. The molecule has 3 rings (SSSR count). The van der Waals surface area contributed by atoms with Crippen LogP contribution in [0.1, 0.15) is 17.2 Å². The van der Waals surface area contributed by atoms with Gasteiger partial charge in [-0.25, -0.2) is 4.57 Å². The molecule has 0 radical (unpaired) electrons. The quantitative estimate of drug-likeness (QED) is 0.311. The molecular formula is C22H26NO9PS. The average Bonchev–Trinajstić information content (AvgIpc) is 3.18. The van der Waals surface area contributed by atoms with Crippen LogP contribution in [0, 0.1) is 0 Å². The van der Waals surface area contributed by atoms with E-state index >= 15 is 0 Å². The predicted octanol–water partition coefficient (Wildman–Crippen LogP) is 4.10. The highest BCUT2D eigenvalue weighted by Crippen LogP contribution is 2.47. The third-order valence-electron chi connectivity index (χ3n) is 4.91. The first kappa shape index (κ1) is 26.2. The fourth-order valence-electron chi connectivity index (χ4n) is 3.07. The third-order valence-corrected chi connectivity index (χ3v) is 7.20. The van der Waals surface area contributed by atoms with Gasteiger partial charge in [0.2, 0.25) is 5.91 Å². The fraction of sp³-hybridized carbons (Fsp3) is 0.364. The molecule has 0 aliphatic carbocycles. The molecule has 2 atom stereocenters. The summed E-state index contributed by atoms with van der Waals surface area (Å²) >= 11 is 0.993. The summed E-state index contributed by atoms with van der Waals surface area (Å²) in [5, 5.41) is 1.53. The van der Waals surface area contributed by atoms with Crippen molar-refractivity contribution < 1.29 is 41.9 Å². The number of thioether (sulfide) groups is 1. The van der Waals surface area contributed by atoms with E-state index in [-0.39, 0.29) is 24.5 Å². The van der Waals surface area contributed by atoms with Gasteiger partial charge in [-0.1, -0.05) is 36.0 Å². The summed E-state index contributed by atoms with van der Waals surface area (Å²) in [5.74, 6) is 0.950. The largest absolute Gasteiger partial charge is 0.497 e. The molecule has 2 aromatic rings. The Morgan fingerprint density at radius 1 is 1.03 bits per heavy atom. The lowest BCUT2D eigenvalue weighted by Gasteiger charge is -2.21. The minimum atomic E-state index is -3.69.